The summed E-state index contributed by atoms with van der Waals surface area (Å²) in [7, 11) is 1.82. The maximum Gasteiger partial charge on any atom is 0.223 e. The molecule has 0 spiro atoms. The van der Waals surface area contributed by atoms with Crippen LogP contribution in [-0.2, 0) is 11.3 Å². The van der Waals surface area contributed by atoms with E-state index in [0.29, 0.717) is 18.9 Å². The second kappa shape index (κ2) is 4.84. The van der Waals surface area contributed by atoms with Crippen LogP contribution in [0, 0.1) is 11.3 Å². The lowest BCUT2D eigenvalue weighted by molar-refractivity contribution is -0.128. The molecular weight excluding hydrogens is 248 g/mol. The zero-order chi connectivity index (χ0) is 13.3. The van der Waals surface area contributed by atoms with E-state index in [-0.39, 0.29) is 11.3 Å². The van der Waals surface area contributed by atoms with Crippen LogP contribution in [0.4, 0.5) is 5.13 Å². The Morgan fingerprint density at radius 2 is 2.17 bits per heavy atom. The summed E-state index contributed by atoms with van der Waals surface area (Å²) in [5.41, 5.74) is 0.182. The molecule has 0 saturated carbocycles. The van der Waals surface area contributed by atoms with Crippen LogP contribution in [0.5, 0.6) is 0 Å². The van der Waals surface area contributed by atoms with Crippen LogP contribution in [0.1, 0.15) is 32.2 Å². The highest BCUT2D eigenvalue weighted by atomic mass is 32.1. The lowest BCUT2D eigenvalue weighted by atomic mass is 9.80. The van der Waals surface area contributed by atoms with E-state index in [1.165, 1.54) is 11.3 Å². The zero-order valence-electron chi connectivity index (χ0n) is 11.4. The predicted molar refractivity (Wildman–Crippen MR) is 72.4 cm³/mol. The molecule has 1 aromatic rings. The highest BCUT2D eigenvalue weighted by molar-refractivity contribution is 7.15. The molecule has 0 aliphatic carbocycles. The first-order chi connectivity index (χ1) is 8.40. The first-order valence-corrected chi connectivity index (χ1v) is 6.99. The molecule has 1 fully saturated rings. The first-order valence-electron chi connectivity index (χ1n) is 6.18. The molecule has 1 N–H and O–H groups in total. The van der Waals surface area contributed by atoms with Gasteiger partial charge in [0.05, 0.1) is 6.54 Å². The molecule has 1 aliphatic rings. The van der Waals surface area contributed by atoms with Crippen LogP contribution in [0.25, 0.3) is 0 Å². The Hall–Kier alpha value is -1.17. The molecule has 18 heavy (non-hydrogen) atoms. The minimum Gasteiger partial charge on any atom is -0.363 e. The van der Waals surface area contributed by atoms with E-state index in [4.69, 9.17) is 0 Å². The predicted octanol–water partition coefficient (Wildman–Crippen LogP) is 1.97. The number of hydrogen-bond donors (Lipinski definition) is 1. The Kier molecular flexibility index (Phi) is 3.56. The van der Waals surface area contributed by atoms with Crippen LogP contribution >= 0.6 is 11.3 Å². The van der Waals surface area contributed by atoms with Gasteiger partial charge in [-0.2, -0.15) is 0 Å². The highest BCUT2D eigenvalue weighted by Crippen LogP contribution is 2.35. The summed E-state index contributed by atoms with van der Waals surface area (Å²) in [4.78, 5) is 13.9. The largest absolute Gasteiger partial charge is 0.363 e. The molecule has 100 valence electrons. The number of aromatic nitrogens is 2. The van der Waals surface area contributed by atoms with Crippen molar-refractivity contribution in [1.82, 2.24) is 15.1 Å². The Bertz CT molecular complexity index is 438. The number of likely N-dealkylation sites (tertiary alicyclic amines) is 1. The van der Waals surface area contributed by atoms with E-state index < -0.39 is 0 Å². The number of anilines is 1. The molecule has 2 heterocycles. The van der Waals surface area contributed by atoms with Crippen LogP contribution < -0.4 is 5.32 Å². The summed E-state index contributed by atoms with van der Waals surface area (Å²) in [6.07, 6.45) is 0.654. The Morgan fingerprint density at radius 3 is 2.67 bits per heavy atom. The lowest BCUT2D eigenvalue weighted by Crippen LogP contribution is -2.27. The fourth-order valence-electron chi connectivity index (χ4n) is 2.09. The number of amides is 1. The van der Waals surface area contributed by atoms with E-state index >= 15 is 0 Å². The summed E-state index contributed by atoms with van der Waals surface area (Å²) in [5.74, 6) is 0.665. The van der Waals surface area contributed by atoms with Crippen molar-refractivity contribution in [2.75, 3.05) is 18.9 Å². The van der Waals surface area contributed by atoms with E-state index in [2.05, 4.69) is 36.3 Å². The molecule has 0 aromatic carbocycles. The van der Waals surface area contributed by atoms with Crippen molar-refractivity contribution < 1.29 is 4.79 Å². The molecule has 6 heteroatoms. The van der Waals surface area contributed by atoms with Crippen molar-refractivity contribution in [3.8, 4) is 0 Å². The normalized spacial score (nSPS) is 20.6. The molecular formula is C12H20N4OS. The van der Waals surface area contributed by atoms with Crippen LogP contribution in [0.2, 0.25) is 0 Å². The Morgan fingerprint density at radius 1 is 1.44 bits per heavy atom. The van der Waals surface area contributed by atoms with E-state index in [9.17, 15) is 4.79 Å². The second-order valence-electron chi connectivity index (χ2n) is 5.79. The third-order valence-corrected chi connectivity index (χ3v) is 4.37. The van der Waals surface area contributed by atoms with Crippen molar-refractivity contribution in [1.29, 1.82) is 0 Å². The number of rotatable bonds is 3. The van der Waals surface area contributed by atoms with Gasteiger partial charge in [-0.3, -0.25) is 4.79 Å². The van der Waals surface area contributed by atoms with Gasteiger partial charge in [0.15, 0.2) is 0 Å². The maximum absolute atomic E-state index is 12.0. The van der Waals surface area contributed by atoms with E-state index in [1.54, 1.807) is 0 Å². The van der Waals surface area contributed by atoms with Gasteiger partial charge in [-0.1, -0.05) is 32.1 Å². The SMILES string of the molecule is CNc1nnc(CN2CC(C(C)(C)C)CC2=O)s1. The number of hydrogen-bond acceptors (Lipinski definition) is 5. The number of carbonyl (C=O) groups is 1. The molecule has 1 aliphatic heterocycles. The van der Waals surface area contributed by atoms with Crippen LogP contribution in [-0.4, -0.2) is 34.6 Å². The zero-order valence-corrected chi connectivity index (χ0v) is 12.2. The summed E-state index contributed by atoms with van der Waals surface area (Å²) < 4.78 is 0. The van der Waals surface area contributed by atoms with Gasteiger partial charge in [-0.15, -0.1) is 10.2 Å². The molecule has 0 radical (unpaired) electrons. The van der Waals surface area contributed by atoms with Gasteiger partial charge in [0.2, 0.25) is 11.0 Å². The summed E-state index contributed by atoms with van der Waals surface area (Å²) >= 11 is 1.50. The number of carbonyl (C=O) groups excluding carboxylic acids is 1. The minimum atomic E-state index is 0.182. The standard InChI is InChI=1S/C12H20N4OS/c1-12(2,3)8-5-10(17)16(6-8)7-9-14-15-11(13-4)18-9/h8H,5-7H2,1-4H3,(H,13,15). The maximum atomic E-state index is 12.0. The van der Waals surface area contributed by atoms with Crippen LogP contribution in [0.3, 0.4) is 0 Å². The quantitative estimate of drug-likeness (QED) is 0.910. The monoisotopic (exact) mass is 268 g/mol. The lowest BCUT2D eigenvalue weighted by Gasteiger charge is -2.26. The molecule has 1 unspecified atom stereocenters. The fraction of sp³-hybridized carbons (Fsp3) is 0.750. The smallest absolute Gasteiger partial charge is 0.223 e. The van der Waals surface area contributed by atoms with Crippen molar-refractivity contribution in [2.45, 2.75) is 33.7 Å². The topological polar surface area (TPSA) is 58.1 Å². The summed E-state index contributed by atoms with van der Waals surface area (Å²) in [6.45, 7) is 8.00. The number of nitrogens with zero attached hydrogens (tertiary/aromatic N) is 3. The molecule has 5 nitrogen and oxygen atoms in total. The molecule has 1 saturated heterocycles. The van der Waals surface area contributed by atoms with Gasteiger partial charge in [-0.25, -0.2) is 0 Å². The van der Waals surface area contributed by atoms with Gasteiger partial charge in [0.25, 0.3) is 0 Å². The molecule has 2 rings (SSSR count). The Labute approximate surface area is 112 Å². The van der Waals surface area contributed by atoms with Crippen molar-refractivity contribution in [3.05, 3.63) is 5.01 Å². The van der Waals surface area contributed by atoms with E-state index in [0.717, 1.165) is 16.7 Å². The Balaban J connectivity index is 2.00. The highest BCUT2D eigenvalue weighted by Gasteiger charge is 2.36. The van der Waals surface area contributed by atoms with Gasteiger partial charge in [0.1, 0.15) is 5.01 Å². The van der Waals surface area contributed by atoms with Gasteiger partial charge in [0, 0.05) is 20.0 Å². The molecule has 1 atom stereocenters. The second-order valence-corrected chi connectivity index (χ2v) is 6.85. The van der Waals surface area contributed by atoms with Gasteiger partial charge in [-0.05, 0) is 11.3 Å². The minimum absolute atomic E-state index is 0.182. The number of nitrogens with one attached hydrogen (secondary N) is 1. The van der Waals surface area contributed by atoms with Gasteiger partial charge < -0.3 is 10.2 Å². The van der Waals surface area contributed by atoms with Crippen LogP contribution in [0.15, 0.2) is 0 Å². The average Bonchev–Trinajstić information content (AvgIpc) is 2.86. The van der Waals surface area contributed by atoms with Crippen molar-refractivity contribution >= 4 is 22.4 Å². The first kappa shape index (κ1) is 13.3. The van der Waals surface area contributed by atoms with E-state index in [1.807, 2.05) is 11.9 Å². The fourth-order valence-corrected chi connectivity index (χ4v) is 2.80. The average molecular weight is 268 g/mol. The van der Waals surface area contributed by atoms with Gasteiger partial charge >= 0.3 is 0 Å². The third-order valence-electron chi connectivity index (χ3n) is 3.45. The van der Waals surface area contributed by atoms with Crippen molar-refractivity contribution in [3.63, 3.8) is 0 Å². The molecule has 1 aromatic heterocycles. The van der Waals surface area contributed by atoms with Crippen molar-refractivity contribution in [2.24, 2.45) is 11.3 Å². The summed E-state index contributed by atoms with van der Waals surface area (Å²) in [5, 5.41) is 12.7. The molecule has 0 bridgehead atoms. The third kappa shape index (κ3) is 2.80. The summed E-state index contributed by atoms with van der Waals surface area (Å²) in [6, 6.07) is 0. The molecule has 1 amide bonds.